The Morgan fingerprint density at radius 3 is 2.32 bits per heavy atom. The molecule has 1 saturated heterocycles. The van der Waals surface area contributed by atoms with Crippen molar-refractivity contribution < 1.29 is 29.7 Å². The summed E-state index contributed by atoms with van der Waals surface area (Å²) in [5, 5.41) is 40.4. The number of nitrogens with one attached hydrogen (secondary N) is 4. The van der Waals surface area contributed by atoms with Crippen molar-refractivity contribution in [2.24, 2.45) is 17.8 Å². The number of aliphatic hydroxyl groups is 1. The molecule has 0 aromatic carbocycles. The molecule has 238 valence electrons. The Hall–Kier alpha value is -3.86. The summed E-state index contributed by atoms with van der Waals surface area (Å²) in [6.45, 7) is 16.0. The van der Waals surface area contributed by atoms with E-state index in [-0.39, 0.29) is 72.2 Å². The van der Waals surface area contributed by atoms with E-state index in [2.05, 4.69) is 46.7 Å². The van der Waals surface area contributed by atoms with Crippen molar-refractivity contribution in [3.63, 3.8) is 0 Å². The van der Waals surface area contributed by atoms with Crippen molar-refractivity contribution in [3.05, 3.63) is 62.8 Å². The van der Waals surface area contributed by atoms with Crippen LogP contribution in [0.3, 0.4) is 0 Å². The first-order chi connectivity index (χ1) is 20.7. The van der Waals surface area contributed by atoms with Crippen molar-refractivity contribution in [1.29, 1.82) is 0 Å². The van der Waals surface area contributed by atoms with Crippen molar-refractivity contribution in [3.8, 4) is 0 Å². The number of aliphatic carboxylic acids is 2. The molecule has 0 saturated carbocycles. The number of rotatable bonds is 12. The minimum absolute atomic E-state index is 0.0367. The minimum Gasteiger partial charge on any atom is -0.495 e. The zero-order valence-corrected chi connectivity index (χ0v) is 26.6. The van der Waals surface area contributed by atoms with Gasteiger partial charge in [0.15, 0.2) is 5.88 Å². The summed E-state index contributed by atoms with van der Waals surface area (Å²) in [5.74, 6) is -1.94. The summed E-state index contributed by atoms with van der Waals surface area (Å²) < 4.78 is 0. The van der Waals surface area contributed by atoms with Gasteiger partial charge >= 0.3 is 11.9 Å². The first-order valence-electron chi connectivity index (χ1n) is 15.1. The smallest absolute Gasteiger partial charge is 0.303 e. The Morgan fingerprint density at radius 1 is 1.07 bits per heavy atom. The lowest BCUT2D eigenvalue weighted by Gasteiger charge is -2.23. The highest BCUT2D eigenvalue weighted by atomic mass is 32.1. The molecule has 10 nitrogen and oxygen atoms in total. The van der Waals surface area contributed by atoms with Gasteiger partial charge in [-0.1, -0.05) is 40.0 Å². The molecule has 1 fully saturated rings. The lowest BCUT2D eigenvalue weighted by molar-refractivity contribution is -0.138. The van der Waals surface area contributed by atoms with Gasteiger partial charge in [-0.25, -0.2) is 0 Å². The van der Waals surface area contributed by atoms with Gasteiger partial charge in [-0.05, 0) is 60.3 Å². The van der Waals surface area contributed by atoms with E-state index < -0.39 is 11.9 Å². The fourth-order valence-electron chi connectivity index (χ4n) is 6.83. The summed E-state index contributed by atoms with van der Waals surface area (Å²) in [5.41, 5.74) is 4.86. The molecule has 1 amide bonds. The molecule has 0 radical (unpaired) electrons. The fraction of sp³-hybridized carbons (Fsp3) is 0.485. The summed E-state index contributed by atoms with van der Waals surface area (Å²) in [4.78, 5) is 39.0. The van der Waals surface area contributed by atoms with E-state index in [1.807, 2.05) is 39.8 Å². The molecule has 11 heteroatoms. The molecule has 4 rings (SSSR count). The monoisotopic (exact) mass is 624 g/mol. The standard InChI is InChI=1S/C33H44N4O6S/c1-7-20-15(2)25(36-33(20)43)12-23-16(3)21(8-10-29(38)39)26(34-23)14-27-22(9-11-30(40)41)17(4)24(35-27)13-28-31(19(6)44)18(5)32(42)37-28/h7,13-15,18-19,23,25,28,31,34-36,43-44H,1,4,8-12H2,2-3,5-6H3,(H,37,42)(H,38,39)(H,40,41)/b24-13+,26-14-/t15?,18-,19-,23?,25-,28?,31+/m1/s1. The molecular weight excluding hydrogens is 580 g/mol. The van der Waals surface area contributed by atoms with Gasteiger partial charge in [-0.3, -0.25) is 14.4 Å². The Labute approximate surface area is 263 Å². The number of amides is 1. The molecular formula is C33H44N4O6S. The van der Waals surface area contributed by atoms with Crippen molar-refractivity contribution in [1.82, 2.24) is 20.9 Å². The number of aromatic nitrogens is 1. The number of allylic oxidation sites excluding steroid dienone is 2. The Kier molecular flexibility index (Phi) is 10.1. The van der Waals surface area contributed by atoms with E-state index in [4.69, 9.17) is 0 Å². The third-order valence-corrected chi connectivity index (χ3v) is 9.77. The minimum atomic E-state index is -0.929. The topological polar surface area (TPSA) is 164 Å². The van der Waals surface area contributed by atoms with E-state index in [1.54, 1.807) is 6.08 Å². The van der Waals surface area contributed by atoms with Crippen LogP contribution in [-0.4, -0.2) is 61.5 Å². The first kappa shape index (κ1) is 33.0. The fourth-order valence-corrected chi connectivity index (χ4v) is 7.27. The normalized spacial score (nSPS) is 28.8. The number of hydrogen-bond acceptors (Lipinski definition) is 7. The van der Waals surface area contributed by atoms with Crippen molar-refractivity contribution in [2.75, 3.05) is 0 Å². The highest BCUT2D eigenvalue weighted by Crippen LogP contribution is 2.35. The Morgan fingerprint density at radius 2 is 1.73 bits per heavy atom. The van der Waals surface area contributed by atoms with Crippen LogP contribution >= 0.6 is 12.6 Å². The summed E-state index contributed by atoms with van der Waals surface area (Å²) in [6, 6.07) is -0.436. The third-order valence-electron chi connectivity index (χ3n) is 9.42. The molecule has 3 unspecified atom stereocenters. The van der Waals surface area contributed by atoms with Gasteiger partial charge in [0.2, 0.25) is 5.91 Å². The third kappa shape index (κ3) is 6.77. The van der Waals surface area contributed by atoms with Crippen LogP contribution in [0.4, 0.5) is 0 Å². The van der Waals surface area contributed by atoms with Gasteiger partial charge in [0.25, 0.3) is 0 Å². The number of thiol groups is 1. The number of hydrogen-bond donors (Lipinski definition) is 8. The zero-order chi connectivity index (χ0) is 32.5. The van der Waals surface area contributed by atoms with E-state index in [0.717, 1.165) is 28.0 Å². The van der Waals surface area contributed by atoms with Gasteiger partial charge in [0.1, 0.15) is 0 Å². The number of carboxylic acids is 2. The molecule has 44 heavy (non-hydrogen) atoms. The number of carbonyl (C=O) groups is 3. The second kappa shape index (κ2) is 13.4. The molecule has 1 aromatic rings. The van der Waals surface area contributed by atoms with Gasteiger partial charge < -0.3 is 36.3 Å². The van der Waals surface area contributed by atoms with Crippen LogP contribution in [0.1, 0.15) is 64.6 Å². The number of H-pyrrole nitrogens is 1. The van der Waals surface area contributed by atoms with E-state index in [9.17, 15) is 29.7 Å². The van der Waals surface area contributed by atoms with Crippen LogP contribution in [0, 0.1) is 17.8 Å². The summed E-state index contributed by atoms with van der Waals surface area (Å²) >= 11 is 4.63. The molecule has 0 spiro atoms. The molecule has 0 aliphatic carbocycles. The van der Waals surface area contributed by atoms with Gasteiger partial charge in [0.05, 0.1) is 6.04 Å². The second-order valence-corrected chi connectivity index (χ2v) is 13.0. The maximum Gasteiger partial charge on any atom is 0.303 e. The van der Waals surface area contributed by atoms with Crippen molar-refractivity contribution in [2.45, 2.75) is 83.2 Å². The Balaban J connectivity index is 1.74. The van der Waals surface area contributed by atoms with Gasteiger partial charge in [-0.2, -0.15) is 12.6 Å². The zero-order valence-electron chi connectivity index (χ0n) is 25.7. The summed E-state index contributed by atoms with van der Waals surface area (Å²) in [7, 11) is 0. The van der Waals surface area contributed by atoms with Crippen LogP contribution in [0.2, 0.25) is 0 Å². The molecule has 7 atom stereocenters. The predicted molar refractivity (Wildman–Crippen MR) is 174 cm³/mol. The number of aromatic amines is 1. The quantitative estimate of drug-likeness (QED) is 0.165. The van der Waals surface area contributed by atoms with Crippen LogP contribution in [0.5, 0.6) is 0 Å². The lowest BCUT2D eigenvalue weighted by atomic mass is 9.88. The van der Waals surface area contributed by atoms with Crippen LogP contribution in [0.25, 0.3) is 18.7 Å². The molecule has 4 heterocycles. The Bertz CT molecular complexity index is 1550. The molecule has 1 aromatic heterocycles. The molecule has 0 bridgehead atoms. The van der Waals surface area contributed by atoms with Crippen LogP contribution in [-0.2, 0) is 20.8 Å². The van der Waals surface area contributed by atoms with Gasteiger partial charge in [-0.15, -0.1) is 0 Å². The molecule has 7 N–H and O–H groups in total. The maximum atomic E-state index is 12.5. The van der Waals surface area contributed by atoms with E-state index >= 15 is 0 Å². The summed E-state index contributed by atoms with van der Waals surface area (Å²) in [6.07, 6.45) is 6.58. The maximum absolute atomic E-state index is 12.5. The number of carboxylic acid groups (broad SMARTS) is 2. The average Bonchev–Trinajstić information content (AvgIpc) is 3.59. The van der Waals surface area contributed by atoms with Crippen molar-refractivity contribution >= 4 is 49.2 Å². The van der Waals surface area contributed by atoms with E-state index in [0.29, 0.717) is 29.1 Å². The largest absolute Gasteiger partial charge is 0.495 e. The number of carbonyl (C=O) groups excluding carboxylic acids is 1. The average molecular weight is 625 g/mol. The highest BCUT2D eigenvalue weighted by Gasteiger charge is 2.40. The first-order valence-corrected chi connectivity index (χ1v) is 15.6. The lowest BCUT2D eigenvalue weighted by Crippen LogP contribution is -2.36. The SMILES string of the molecule is C=CC1=C(O)N[C@H](CC2N/C(=C\c3[nH]/c(=C/C4NC(=O)[C@H](C)[C@H]4[C@@H](C)S)c(=C)c3CCC(=O)O)C(CCC(=O)O)=C2C)C1C. The number of aliphatic hydroxyl groups excluding tert-OH is 1. The predicted octanol–water partition coefficient (Wildman–Crippen LogP) is 2.74. The highest BCUT2D eigenvalue weighted by molar-refractivity contribution is 7.80. The van der Waals surface area contributed by atoms with Gasteiger partial charge in [0, 0.05) is 70.2 Å². The second-order valence-electron chi connectivity index (χ2n) is 12.2. The molecule has 3 aliphatic heterocycles. The van der Waals surface area contributed by atoms with E-state index in [1.165, 1.54) is 0 Å². The molecule has 3 aliphatic rings. The van der Waals surface area contributed by atoms with Crippen LogP contribution in [0.15, 0.2) is 41.0 Å². The van der Waals surface area contributed by atoms with Crippen LogP contribution < -0.4 is 26.5 Å².